The van der Waals surface area contributed by atoms with Gasteiger partial charge in [0.1, 0.15) is 12.4 Å². The average molecular weight is 526 g/mol. The van der Waals surface area contributed by atoms with E-state index in [9.17, 15) is 0 Å². The molecule has 1 aromatic heterocycles. The van der Waals surface area contributed by atoms with E-state index in [1.807, 2.05) is 11.7 Å². The van der Waals surface area contributed by atoms with Crippen molar-refractivity contribution in [2.45, 2.75) is 71.2 Å². The second kappa shape index (κ2) is 11.1. The van der Waals surface area contributed by atoms with Gasteiger partial charge in [0, 0.05) is 33.2 Å². The van der Waals surface area contributed by atoms with Crippen molar-refractivity contribution in [1.29, 1.82) is 0 Å². The highest BCUT2D eigenvalue weighted by molar-refractivity contribution is 14.0. The van der Waals surface area contributed by atoms with Crippen LogP contribution >= 0.6 is 24.0 Å². The Morgan fingerprint density at radius 1 is 1.30 bits per heavy atom. The lowest BCUT2D eigenvalue weighted by atomic mass is 9.82. The highest BCUT2D eigenvalue weighted by atomic mass is 127. The van der Waals surface area contributed by atoms with Gasteiger partial charge in [-0.05, 0) is 29.4 Å². The third-order valence-corrected chi connectivity index (χ3v) is 5.82. The second-order valence-electron chi connectivity index (χ2n) is 8.30. The smallest absolute Gasteiger partial charge is 0.191 e. The molecule has 0 saturated carbocycles. The number of aromatic nitrogens is 3. The molecule has 0 fully saturated rings. The van der Waals surface area contributed by atoms with E-state index in [4.69, 9.17) is 4.74 Å². The van der Waals surface area contributed by atoms with Crippen LogP contribution in [0.3, 0.4) is 0 Å². The zero-order chi connectivity index (χ0) is 20.9. The van der Waals surface area contributed by atoms with Gasteiger partial charge in [0.2, 0.25) is 0 Å². The van der Waals surface area contributed by atoms with E-state index in [1.165, 1.54) is 11.1 Å². The fourth-order valence-electron chi connectivity index (χ4n) is 3.52. The van der Waals surface area contributed by atoms with Gasteiger partial charge >= 0.3 is 0 Å². The summed E-state index contributed by atoms with van der Waals surface area (Å²) < 4.78 is 7.12. The van der Waals surface area contributed by atoms with E-state index in [0.717, 1.165) is 50.0 Å². The third kappa shape index (κ3) is 6.16. The zero-order valence-corrected chi connectivity index (χ0v) is 21.1. The Bertz CT molecular complexity index is 831. The van der Waals surface area contributed by atoms with Crippen molar-refractivity contribution < 1.29 is 4.74 Å². The number of nitrogens with one attached hydrogen (secondary N) is 2. The monoisotopic (exact) mass is 526 g/mol. The number of guanidine groups is 1. The molecule has 166 valence electrons. The number of halogens is 1. The summed E-state index contributed by atoms with van der Waals surface area (Å²) in [6.45, 7) is 8.79. The summed E-state index contributed by atoms with van der Waals surface area (Å²) >= 11 is 0. The molecular weight excluding hydrogens is 491 g/mol. The number of methoxy groups -OCH3 is 1. The molecule has 30 heavy (non-hydrogen) atoms. The number of nitrogens with zero attached hydrogens (tertiary/aromatic N) is 4. The van der Waals surface area contributed by atoms with Crippen LogP contribution in [-0.4, -0.2) is 40.9 Å². The third-order valence-electron chi connectivity index (χ3n) is 5.82. The predicted molar refractivity (Wildman–Crippen MR) is 131 cm³/mol. The molecule has 1 aromatic carbocycles. The molecule has 0 aliphatic carbocycles. The maximum absolute atomic E-state index is 5.14. The first-order valence-electron chi connectivity index (χ1n) is 10.4. The van der Waals surface area contributed by atoms with Crippen molar-refractivity contribution in [1.82, 2.24) is 25.4 Å². The van der Waals surface area contributed by atoms with Crippen molar-refractivity contribution >= 4 is 29.9 Å². The fourth-order valence-corrected chi connectivity index (χ4v) is 3.52. The summed E-state index contributed by atoms with van der Waals surface area (Å²) in [6, 6.07) is 9.15. The number of aliphatic imine (C=N–C) groups is 1. The first-order chi connectivity index (χ1) is 13.9. The molecule has 1 unspecified atom stereocenters. The molecule has 0 saturated heterocycles. The standard InChI is InChI=1S/C22H34N6O.HI/c1-6-22(2,3)17-9-7-16(8-10-17)13-24-21(23-4)25-18-11-12-20-26-19(15-29-5)27-28(20)14-18;/h7-10,18H,6,11-15H2,1-5H3,(H2,23,24,25);1H. The first-order valence-corrected chi connectivity index (χ1v) is 10.4. The Hall–Kier alpha value is -1.68. The van der Waals surface area contributed by atoms with E-state index >= 15 is 0 Å². The van der Waals surface area contributed by atoms with Crippen LogP contribution in [0.15, 0.2) is 29.3 Å². The Balaban J connectivity index is 0.00000320. The Kier molecular flexibility index (Phi) is 9.09. The normalized spacial score (nSPS) is 16.6. The largest absolute Gasteiger partial charge is 0.377 e. The SMILES string of the molecule is CCC(C)(C)c1ccc(CNC(=NC)NC2CCc3nc(COC)nn3C2)cc1.I. The summed E-state index contributed by atoms with van der Waals surface area (Å²) in [5, 5.41) is 11.5. The molecule has 2 heterocycles. The summed E-state index contributed by atoms with van der Waals surface area (Å²) in [5.74, 6) is 2.60. The molecule has 1 atom stereocenters. The van der Waals surface area contributed by atoms with Crippen molar-refractivity contribution in [3.63, 3.8) is 0 Å². The molecule has 2 aromatic rings. The highest BCUT2D eigenvalue weighted by Gasteiger charge is 2.22. The van der Waals surface area contributed by atoms with Crippen LogP contribution in [0.1, 0.15) is 56.4 Å². The number of benzene rings is 1. The molecule has 7 nitrogen and oxygen atoms in total. The zero-order valence-electron chi connectivity index (χ0n) is 18.7. The topological polar surface area (TPSA) is 76.4 Å². The molecular formula is C22H35IN6O. The molecule has 0 radical (unpaired) electrons. The van der Waals surface area contributed by atoms with Crippen LogP contribution in [0, 0.1) is 0 Å². The van der Waals surface area contributed by atoms with Gasteiger partial charge in [-0.1, -0.05) is 45.0 Å². The maximum atomic E-state index is 5.14. The number of hydrogen-bond acceptors (Lipinski definition) is 4. The van der Waals surface area contributed by atoms with Crippen molar-refractivity contribution in [3.8, 4) is 0 Å². The van der Waals surface area contributed by atoms with Crippen LogP contribution in [0.2, 0.25) is 0 Å². The van der Waals surface area contributed by atoms with Gasteiger partial charge < -0.3 is 15.4 Å². The molecule has 3 rings (SSSR count). The first kappa shape index (κ1) is 24.6. The molecule has 0 spiro atoms. The molecule has 8 heteroatoms. The van der Waals surface area contributed by atoms with Gasteiger partial charge in [0.25, 0.3) is 0 Å². The lowest BCUT2D eigenvalue weighted by molar-refractivity contribution is 0.177. The van der Waals surface area contributed by atoms with E-state index in [-0.39, 0.29) is 35.4 Å². The van der Waals surface area contributed by atoms with Crippen LogP contribution in [-0.2, 0) is 36.3 Å². The summed E-state index contributed by atoms with van der Waals surface area (Å²) in [5.41, 5.74) is 2.84. The predicted octanol–water partition coefficient (Wildman–Crippen LogP) is 3.41. The quantitative estimate of drug-likeness (QED) is 0.329. The lowest BCUT2D eigenvalue weighted by Crippen LogP contribution is -2.46. The second-order valence-corrected chi connectivity index (χ2v) is 8.30. The van der Waals surface area contributed by atoms with Crippen molar-refractivity contribution in [2.75, 3.05) is 14.2 Å². The maximum Gasteiger partial charge on any atom is 0.191 e. The Labute approximate surface area is 197 Å². The fraction of sp³-hybridized carbons (Fsp3) is 0.591. The Morgan fingerprint density at radius 3 is 2.67 bits per heavy atom. The summed E-state index contributed by atoms with van der Waals surface area (Å²) in [4.78, 5) is 8.92. The van der Waals surface area contributed by atoms with Crippen molar-refractivity contribution in [3.05, 3.63) is 47.0 Å². The van der Waals surface area contributed by atoms with Crippen LogP contribution in [0.25, 0.3) is 0 Å². The average Bonchev–Trinajstić information content (AvgIpc) is 3.13. The number of ether oxygens (including phenoxy) is 1. The molecule has 1 aliphatic rings. The molecule has 0 amide bonds. The summed E-state index contributed by atoms with van der Waals surface area (Å²) in [6.07, 6.45) is 3.04. The number of rotatable bonds is 7. The highest BCUT2D eigenvalue weighted by Crippen LogP contribution is 2.26. The van der Waals surface area contributed by atoms with Crippen LogP contribution in [0.4, 0.5) is 0 Å². The van der Waals surface area contributed by atoms with E-state index in [2.05, 4.69) is 70.7 Å². The lowest BCUT2D eigenvalue weighted by Gasteiger charge is -2.25. The van der Waals surface area contributed by atoms with E-state index < -0.39 is 0 Å². The van der Waals surface area contributed by atoms with Crippen LogP contribution in [0.5, 0.6) is 0 Å². The van der Waals surface area contributed by atoms with Gasteiger partial charge in [-0.25, -0.2) is 9.67 Å². The molecule has 0 bridgehead atoms. The van der Waals surface area contributed by atoms with Gasteiger partial charge in [-0.2, -0.15) is 5.10 Å². The van der Waals surface area contributed by atoms with Gasteiger partial charge in [0.15, 0.2) is 11.8 Å². The molecule has 1 aliphatic heterocycles. The minimum atomic E-state index is 0. The number of aryl methyl sites for hydroxylation is 1. The van der Waals surface area contributed by atoms with Gasteiger partial charge in [-0.15, -0.1) is 24.0 Å². The number of hydrogen-bond donors (Lipinski definition) is 2. The minimum absolute atomic E-state index is 0. The molecule has 2 N–H and O–H groups in total. The number of fused-ring (bicyclic) bond motifs is 1. The minimum Gasteiger partial charge on any atom is -0.377 e. The van der Waals surface area contributed by atoms with Gasteiger partial charge in [0.05, 0.1) is 6.54 Å². The van der Waals surface area contributed by atoms with Crippen LogP contribution < -0.4 is 10.6 Å². The van der Waals surface area contributed by atoms with E-state index in [0.29, 0.717) is 6.61 Å². The summed E-state index contributed by atoms with van der Waals surface area (Å²) in [7, 11) is 3.47. The van der Waals surface area contributed by atoms with Crippen molar-refractivity contribution in [2.24, 2.45) is 4.99 Å². The van der Waals surface area contributed by atoms with Gasteiger partial charge in [-0.3, -0.25) is 4.99 Å². The Morgan fingerprint density at radius 2 is 2.03 bits per heavy atom. The van der Waals surface area contributed by atoms with E-state index in [1.54, 1.807) is 7.11 Å².